The summed E-state index contributed by atoms with van der Waals surface area (Å²) in [6.45, 7) is 6.57. The number of allylic oxidation sites excluding steroid dienone is 6. The lowest BCUT2D eigenvalue weighted by molar-refractivity contribution is 0.820. The zero-order valence-electron chi connectivity index (χ0n) is 18.8. The van der Waals surface area contributed by atoms with Crippen LogP contribution in [0.5, 0.6) is 0 Å². The molecular weight excluding hydrogens is 374 g/mol. The number of aliphatic imine (C=N–C) groups is 1. The van der Waals surface area contributed by atoms with Crippen LogP contribution in [0.1, 0.15) is 56.3 Å². The monoisotopic (exact) mass is 405 g/mol. The molecule has 1 atom stereocenters. The third kappa shape index (κ3) is 5.11. The van der Waals surface area contributed by atoms with E-state index in [0.717, 1.165) is 25.0 Å². The van der Waals surface area contributed by atoms with Crippen LogP contribution in [0.4, 0.5) is 0 Å². The molecule has 0 spiro atoms. The van der Waals surface area contributed by atoms with Gasteiger partial charge in [-0.3, -0.25) is 4.99 Å². The Bertz CT molecular complexity index is 1170. The molecule has 0 heterocycles. The maximum absolute atomic E-state index is 5.17. The van der Waals surface area contributed by atoms with Crippen LogP contribution in [-0.4, -0.2) is 5.71 Å². The summed E-state index contributed by atoms with van der Waals surface area (Å²) in [5, 5.41) is 2.54. The summed E-state index contributed by atoms with van der Waals surface area (Å²) >= 11 is 0. The third-order valence-corrected chi connectivity index (χ3v) is 6.05. The van der Waals surface area contributed by atoms with Gasteiger partial charge in [-0.05, 0) is 83.9 Å². The van der Waals surface area contributed by atoms with Crippen molar-refractivity contribution in [1.82, 2.24) is 0 Å². The highest BCUT2D eigenvalue weighted by Crippen LogP contribution is 2.25. The van der Waals surface area contributed by atoms with Crippen LogP contribution >= 0.6 is 0 Å². The number of rotatable bonds is 6. The van der Waals surface area contributed by atoms with Gasteiger partial charge in [0.15, 0.2) is 0 Å². The van der Waals surface area contributed by atoms with Crippen molar-refractivity contribution in [2.45, 2.75) is 46.1 Å². The Hall–Kier alpha value is -3.19. The highest BCUT2D eigenvalue weighted by molar-refractivity contribution is 6.13. The standard InChI is InChI=1S/C30H31N/c1-4-24-14-16-25(17-15-24)23(3)31-30(27-11-6-5-7-12-27)20-22(2)28-19-18-26-10-8-9-13-29(26)21-28/h6,8-21,23H,4-5,7H2,1-3H3/b22-20+,31-30+. The molecule has 1 aliphatic carbocycles. The van der Waals surface area contributed by atoms with Crippen molar-refractivity contribution in [2.24, 2.45) is 4.99 Å². The van der Waals surface area contributed by atoms with Crippen molar-refractivity contribution >= 4 is 22.1 Å². The Morgan fingerprint density at radius 3 is 2.45 bits per heavy atom. The predicted molar refractivity (Wildman–Crippen MR) is 136 cm³/mol. The van der Waals surface area contributed by atoms with Gasteiger partial charge in [0.25, 0.3) is 0 Å². The quantitative estimate of drug-likeness (QED) is 0.366. The molecule has 4 rings (SSSR count). The Balaban J connectivity index is 1.70. The van der Waals surface area contributed by atoms with Gasteiger partial charge in [0, 0.05) is 0 Å². The largest absolute Gasteiger partial charge is 0.277 e. The summed E-state index contributed by atoms with van der Waals surface area (Å²) < 4.78 is 0. The second-order valence-corrected chi connectivity index (χ2v) is 8.31. The molecular formula is C30H31N. The zero-order valence-corrected chi connectivity index (χ0v) is 18.8. The Labute approximate surface area is 186 Å². The Kier molecular flexibility index (Phi) is 6.62. The smallest absolute Gasteiger partial charge is 0.0728 e. The molecule has 31 heavy (non-hydrogen) atoms. The van der Waals surface area contributed by atoms with E-state index in [4.69, 9.17) is 4.99 Å². The molecule has 3 aromatic rings. The van der Waals surface area contributed by atoms with Gasteiger partial charge in [0.2, 0.25) is 0 Å². The third-order valence-electron chi connectivity index (χ3n) is 6.05. The lowest BCUT2D eigenvalue weighted by Crippen LogP contribution is -2.04. The van der Waals surface area contributed by atoms with Crippen LogP contribution in [-0.2, 0) is 6.42 Å². The summed E-state index contributed by atoms with van der Waals surface area (Å²) in [5.41, 5.74) is 7.39. The SMILES string of the molecule is CCc1ccc(C(C)/N=C(\C=C(/C)c2ccc3ccccc3c2)C2=CCCC=C2)cc1. The molecule has 0 aliphatic heterocycles. The molecule has 0 aromatic heterocycles. The van der Waals surface area contributed by atoms with E-state index in [-0.39, 0.29) is 6.04 Å². The molecule has 3 aromatic carbocycles. The minimum Gasteiger partial charge on any atom is -0.277 e. The van der Waals surface area contributed by atoms with Crippen LogP contribution in [0.2, 0.25) is 0 Å². The van der Waals surface area contributed by atoms with Crippen molar-refractivity contribution in [3.05, 3.63) is 113 Å². The zero-order chi connectivity index (χ0) is 21.6. The molecule has 1 nitrogen and oxygen atoms in total. The lowest BCUT2D eigenvalue weighted by Gasteiger charge is -2.14. The fourth-order valence-electron chi connectivity index (χ4n) is 4.04. The average Bonchev–Trinajstić information content (AvgIpc) is 2.83. The van der Waals surface area contributed by atoms with Gasteiger partial charge in [-0.1, -0.05) is 85.8 Å². The van der Waals surface area contributed by atoms with E-state index >= 15 is 0 Å². The maximum atomic E-state index is 5.17. The van der Waals surface area contributed by atoms with Gasteiger partial charge < -0.3 is 0 Å². The maximum Gasteiger partial charge on any atom is 0.0728 e. The minimum absolute atomic E-state index is 0.109. The fraction of sp³-hybridized carbons (Fsp3) is 0.233. The Morgan fingerprint density at radius 1 is 0.968 bits per heavy atom. The first-order valence-electron chi connectivity index (χ1n) is 11.3. The van der Waals surface area contributed by atoms with E-state index in [1.807, 2.05) is 0 Å². The summed E-state index contributed by atoms with van der Waals surface area (Å²) in [6.07, 6.45) is 12.3. The van der Waals surface area contributed by atoms with E-state index in [0.29, 0.717) is 0 Å². The molecule has 1 heteroatoms. The van der Waals surface area contributed by atoms with Crippen molar-refractivity contribution < 1.29 is 0 Å². The van der Waals surface area contributed by atoms with E-state index in [9.17, 15) is 0 Å². The van der Waals surface area contributed by atoms with E-state index in [2.05, 4.69) is 112 Å². The summed E-state index contributed by atoms with van der Waals surface area (Å²) in [5.74, 6) is 0. The van der Waals surface area contributed by atoms with E-state index < -0.39 is 0 Å². The highest BCUT2D eigenvalue weighted by atomic mass is 14.8. The second-order valence-electron chi connectivity index (χ2n) is 8.31. The van der Waals surface area contributed by atoms with Crippen LogP contribution in [0.25, 0.3) is 16.3 Å². The first kappa shape index (κ1) is 21.1. The van der Waals surface area contributed by atoms with Gasteiger partial charge in [-0.25, -0.2) is 0 Å². The number of benzene rings is 3. The molecule has 1 unspecified atom stereocenters. The number of hydrogen-bond donors (Lipinski definition) is 0. The van der Waals surface area contributed by atoms with Crippen molar-refractivity contribution in [2.75, 3.05) is 0 Å². The van der Waals surface area contributed by atoms with Crippen LogP contribution in [0.3, 0.4) is 0 Å². The number of aryl methyl sites for hydroxylation is 1. The average molecular weight is 406 g/mol. The lowest BCUT2D eigenvalue weighted by atomic mass is 9.97. The summed E-state index contributed by atoms with van der Waals surface area (Å²) in [4.78, 5) is 5.17. The minimum atomic E-state index is 0.109. The number of fused-ring (bicyclic) bond motifs is 1. The van der Waals surface area contributed by atoms with Crippen molar-refractivity contribution in [3.8, 4) is 0 Å². The predicted octanol–water partition coefficient (Wildman–Crippen LogP) is 8.28. The molecule has 0 N–H and O–H groups in total. The molecule has 1 aliphatic rings. The molecule has 156 valence electrons. The van der Waals surface area contributed by atoms with Gasteiger partial charge in [-0.2, -0.15) is 0 Å². The molecule has 0 saturated carbocycles. The number of hydrogen-bond acceptors (Lipinski definition) is 1. The molecule has 0 saturated heterocycles. The first-order chi connectivity index (χ1) is 15.1. The van der Waals surface area contributed by atoms with Crippen LogP contribution in [0.15, 0.2) is 102 Å². The summed E-state index contributed by atoms with van der Waals surface area (Å²) in [6, 6.07) is 24.2. The molecule has 0 amide bonds. The van der Waals surface area contributed by atoms with Gasteiger partial charge in [0.05, 0.1) is 11.8 Å². The Morgan fingerprint density at radius 2 is 1.74 bits per heavy atom. The molecule has 0 radical (unpaired) electrons. The second kappa shape index (κ2) is 9.75. The summed E-state index contributed by atoms with van der Waals surface area (Å²) in [7, 11) is 0. The van der Waals surface area contributed by atoms with Crippen LogP contribution in [0, 0.1) is 0 Å². The van der Waals surface area contributed by atoms with Crippen LogP contribution < -0.4 is 0 Å². The first-order valence-corrected chi connectivity index (χ1v) is 11.3. The van der Waals surface area contributed by atoms with Gasteiger partial charge in [0.1, 0.15) is 0 Å². The topological polar surface area (TPSA) is 12.4 Å². The molecule has 0 bridgehead atoms. The van der Waals surface area contributed by atoms with Gasteiger partial charge in [-0.15, -0.1) is 0 Å². The highest BCUT2D eigenvalue weighted by Gasteiger charge is 2.10. The normalized spacial score (nSPS) is 15.8. The van der Waals surface area contributed by atoms with Crippen molar-refractivity contribution in [3.63, 3.8) is 0 Å². The number of nitrogens with zero attached hydrogens (tertiary/aromatic N) is 1. The van der Waals surface area contributed by atoms with E-state index in [1.54, 1.807) is 0 Å². The van der Waals surface area contributed by atoms with E-state index in [1.165, 1.54) is 38.6 Å². The van der Waals surface area contributed by atoms with Gasteiger partial charge >= 0.3 is 0 Å². The molecule has 0 fully saturated rings. The fourth-order valence-corrected chi connectivity index (χ4v) is 4.04. The van der Waals surface area contributed by atoms with Crippen molar-refractivity contribution in [1.29, 1.82) is 0 Å².